The van der Waals surface area contributed by atoms with E-state index in [1.807, 2.05) is 54.6 Å². The van der Waals surface area contributed by atoms with Gasteiger partial charge in [0.05, 0.1) is 5.41 Å². The van der Waals surface area contributed by atoms with Crippen LogP contribution in [-0.4, -0.2) is 15.0 Å². The molecule has 2 heterocycles. The number of hydrogen-bond acceptors (Lipinski definition) is 5. The van der Waals surface area contributed by atoms with E-state index < -0.39 is 5.41 Å². The number of para-hydroxylation sites is 1. The largest absolute Gasteiger partial charge is 0.456 e. The van der Waals surface area contributed by atoms with Gasteiger partial charge in [0.1, 0.15) is 17.0 Å². The first kappa shape index (κ1) is 37.3. The van der Waals surface area contributed by atoms with Crippen LogP contribution < -0.4 is 4.90 Å². The van der Waals surface area contributed by atoms with Gasteiger partial charge in [0.15, 0.2) is 17.5 Å². The average Bonchev–Trinajstić information content (AvgIpc) is 3.89. The van der Waals surface area contributed by atoms with E-state index in [9.17, 15) is 4.39 Å². The number of anilines is 3. The second-order valence-electron chi connectivity index (χ2n) is 16.1. The molecule has 0 atom stereocenters. The zero-order valence-electron chi connectivity index (χ0n) is 34.4. The fourth-order valence-electron chi connectivity index (χ4n) is 9.68. The van der Waals surface area contributed by atoms with Gasteiger partial charge in [-0.3, -0.25) is 0 Å². The van der Waals surface area contributed by atoms with Crippen molar-refractivity contribution in [1.29, 1.82) is 0 Å². The van der Waals surface area contributed by atoms with Crippen molar-refractivity contribution in [3.63, 3.8) is 0 Å². The van der Waals surface area contributed by atoms with Crippen LogP contribution in [0.5, 0.6) is 0 Å². The van der Waals surface area contributed by atoms with Gasteiger partial charge in [0.2, 0.25) is 0 Å². The van der Waals surface area contributed by atoms with Crippen molar-refractivity contribution in [2.24, 2.45) is 0 Å². The molecule has 0 aliphatic heterocycles. The molecule has 0 fully saturated rings. The number of nitrogens with zero attached hydrogens (tertiary/aromatic N) is 4. The summed E-state index contributed by atoms with van der Waals surface area (Å²) in [5.41, 5.74) is 13.6. The Morgan fingerprint density at radius 3 is 1.64 bits per heavy atom. The Kier molecular flexibility index (Phi) is 8.83. The number of halogens is 1. The standard InChI is InChI=1S/C58H37FN4O/c59-42-30-28-39(29-31-42)56-60-55(38-16-5-1-6-17-38)61-57(62-56)49-25-15-27-52-54(49)48-35-33-45(37-53(48)64-52)63(43-22-11-4-12-23-43)44-32-34-47-46-24-13-14-26-50(46)58(51(47)36-44,40-18-7-2-8-19-40)41-20-9-3-10-21-41/h1-37H. The first-order valence-corrected chi connectivity index (χ1v) is 21.4. The van der Waals surface area contributed by atoms with Crippen LogP contribution in [-0.2, 0) is 5.41 Å². The molecule has 6 heteroatoms. The maximum absolute atomic E-state index is 14.0. The van der Waals surface area contributed by atoms with Crippen LogP contribution in [0.15, 0.2) is 229 Å². The first-order valence-electron chi connectivity index (χ1n) is 21.4. The zero-order chi connectivity index (χ0) is 42.6. The predicted molar refractivity (Wildman–Crippen MR) is 255 cm³/mol. The van der Waals surface area contributed by atoms with Gasteiger partial charge >= 0.3 is 0 Å². The Hall–Kier alpha value is -8.48. The van der Waals surface area contributed by atoms with Gasteiger partial charge in [0, 0.05) is 50.6 Å². The Labute approximate surface area is 369 Å². The molecule has 9 aromatic carbocycles. The van der Waals surface area contributed by atoms with Gasteiger partial charge in [-0.25, -0.2) is 19.3 Å². The van der Waals surface area contributed by atoms with Crippen molar-refractivity contribution in [3.05, 3.63) is 253 Å². The van der Waals surface area contributed by atoms with Gasteiger partial charge in [-0.2, -0.15) is 0 Å². The maximum Gasteiger partial charge on any atom is 0.164 e. The van der Waals surface area contributed by atoms with E-state index >= 15 is 0 Å². The lowest BCUT2D eigenvalue weighted by Crippen LogP contribution is -2.28. The number of furan rings is 1. The minimum Gasteiger partial charge on any atom is -0.456 e. The van der Waals surface area contributed by atoms with Gasteiger partial charge in [0.25, 0.3) is 0 Å². The van der Waals surface area contributed by atoms with Crippen LogP contribution in [0.1, 0.15) is 22.3 Å². The van der Waals surface area contributed by atoms with Gasteiger partial charge < -0.3 is 9.32 Å². The minimum atomic E-state index is -0.544. The molecule has 0 unspecified atom stereocenters. The normalized spacial score (nSPS) is 12.6. The van der Waals surface area contributed by atoms with E-state index in [4.69, 9.17) is 19.4 Å². The highest BCUT2D eigenvalue weighted by Gasteiger charge is 2.46. The summed E-state index contributed by atoms with van der Waals surface area (Å²) >= 11 is 0. The van der Waals surface area contributed by atoms with E-state index in [2.05, 4.69) is 150 Å². The number of rotatable bonds is 8. The highest BCUT2D eigenvalue weighted by molar-refractivity contribution is 6.12. The molecule has 0 amide bonds. The Morgan fingerprint density at radius 2 is 0.938 bits per heavy atom. The molecule has 1 aliphatic rings. The summed E-state index contributed by atoms with van der Waals surface area (Å²) in [6.07, 6.45) is 0. The zero-order valence-corrected chi connectivity index (χ0v) is 34.4. The van der Waals surface area contributed by atoms with E-state index in [1.54, 1.807) is 12.1 Å². The van der Waals surface area contributed by atoms with Crippen LogP contribution in [0.3, 0.4) is 0 Å². The quantitative estimate of drug-likeness (QED) is 0.153. The van der Waals surface area contributed by atoms with E-state index in [0.29, 0.717) is 28.6 Å². The summed E-state index contributed by atoms with van der Waals surface area (Å²) < 4.78 is 20.8. The molecule has 5 nitrogen and oxygen atoms in total. The first-order chi connectivity index (χ1) is 31.6. The molecule has 302 valence electrons. The number of benzene rings is 9. The molecule has 0 radical (unpaired) electrons. The van der Waals surface area contributed by atoms with Crippen LogP contribution in [0, 0.1) is 5.82 Å². The Bertz CT molecular complexity index is 3460. The molecule has 0 spiro atoms. The third kappa shape index (κ3) is 6.03. The van der Waals surface area contributed by atoms with Crippen molar-refractivity contribution in [2.45, 2.75) is 5.41 Å². The third-order valence-electron chi connectivity index (χ3n) is 12.5. The maximum atomic E-state index is 14.0. The molecule has 64 heavy (non-hydrogen) atoms. The monoisotopic (exact) mass is 824 g/mol. The molecule has 12 rings (SSSR count). The van der Waals surface area contributed by atoms with Crippen molar-refractivity contribution in [3.8, 4) is 45.3 Å². The summed E-state index contributed by atoms with van der Waals surface area (Å²) in [7, 11) is 0. The molecular weight excluding hydrogens is 788 g/mol. The summed E-state index contributed by atoms with van der Waals surface area (Å²) in [6.45, 7) is 0. The van der Waals surface area contributed by atoms with Crippen LogP contribution in [0.4, 0.5) is 21.5 Å². The number of aromatic nitrogens is 3. The minimum absolute atomic E-state index is 0.324. The second kappa shape index (κ2) is 15.2. The molecule has 1 aliphatic carbocycles. The summed E-state index contributed by atoms with van der Waals surface area (Å²) in [6, 6.07) is 76.5. The highest BCUT2D eigenvalue weighted by atomic mass is 19.1. The van der Waals surface area contributed by atoms with Crippen LogP contribution >= 0.6 is 0 Å². The average molecular weight is 825 g/mol. The van der Waals surface area contributed by atoms with Gasteiger partial charge in [-0.1, -0.05) is 152 Å². The molecule has 11 aromatic rings. The lowest BCUT2D eigenvalue weighted by atomic mass is 9.67. The van der Waals surface area contributed by atoms with Crippen molar-refractivity contribution >= 4 is 39.0 Å². The smallest absolute Gasteiger partial charge is 0.164 e. The van der Waals surface area contributed by atoms with E-state index in [0.717, 1.165) is 44.5 Å². The number of fused-ring (bicyclic) bond motifs is 6. The van der Waals surface area contributed by atoms with E-state index in [-0.39, 0.29) is 5.82 Å². The topological polar surface area (TPSA) is 55.1 Å². The second-order valence-corrected chi connectivity index (χ2v) is 16.1. The third-order valence-corrected chi connectivity index (χ3v) is 12.5. The highest BCUT2D eigenvalue weighted by Crippen LogP contribution is 2.57. The Morgan fingerprint density at radius 1 is 0.391 bits per heavy atom. The molecular formula is C58H37FN4O. The summed E-state index contributed by atoms with van der Waals surface area (Å²) in [4.78, 5) is 17.2. The molecule has 2 aromatic heterocycles. The molecule has 0 N–H and O–H groups in total. The summed E-state index contributed by atoms with van der Waals surface area (Å²) in [5.74, 6) is 1.15. The fourth-order valence-corrected chi connectivity index (χ4v) is 9.68. The fraction of sp³-hybridized carbons (Fsp3) is 0.0172. The van der Waals surface area contributed by atoms with Gasteiger partial charge in [-0.05, 0) is 100 Å². The molecule has 0 bridgehead atoms. The van der Waals surface area contributed by atoms with Crippen molar-refractivity contribution in [1.82, 2.24) is 15.0 Å². The van der Waals surface area contributed by atoms with Crippen LogP contribution in [0.25, 0.3) is 67.2 Å². The van der Waals surface area contributed by atoms with Crippen LogP contribution in [0.2, 0.25) is 0 Å². The summed E-state index contributed by atoms with van der Waals surface area (Å²) in [5, 5.41) is 1.83. The number of hydrogen-bond donors (Lipinski definition) is 0. The Balaban J connectivity index is 1.04. The van der Waals surface area contributed by atoms with Gasteiger partial charge in [-0.15, -0.1) is 0 Å². The lowest BCUT2D eigenvalue weighted by molar-refractivity contribution is 0.628. The molecule has 0 saturated carbocycles. The predicted octanol–water partition coefficient (Wildman–Crippen LogP) is 14.7. The molecule has 0 saturated heterocycles. The SMILES string of the molecule is Fc1ccc(-c2nc(-c3ccccc3)nc(-c3cccc4oc5cc(N(c6ccccc6)c6ccc7c(c6)C(c6ccccc6)(c6ccccc6)c6ccccc6-7)ccc5c34)n2)cc1. The van der Waals surface area contributed by atoms with E-state index in [1.165, 1.54) is 45.5 Å². The lowest BCUT2D eigenvalue weighted by Gasteiger charge is -2.35. The van der Waals surface area contributed by atoms with Crippen molar-refractivity contribution in [2.75, 3.05) is 4.90 Å². The van der Waals surface area contributed by atoms with Crippen molar-refractivity contribution < 1.29 is 8.81 Å².